The van der Waals surface area contributed by atoms with Crippen molar-refractivity contribution in [2.45, 2.75) is 52.5 Å². The molecule has 1 aliphatic rings. The molecule has 1 fully saturated rings. The largest absolute Gasteiger partial charge is 0.356 e. The van der Waals surface area contributed by atoms with E-state index < -0.39 is 0 Å². The highest BCUT2D eigenvalue weighted by atomic mass is 127. The minimum atomic E-state index is 0. The van der Waals surface area contributed by atoms with Gasteiger partial charge in [0.05, 0.1) is 12.2 Å². The van der Waals surface area contributed by atoms with Gasteiger partial charge in [-0.05, 0) is 42.7 Å². The average Bonchev–Trinajstić information content (AvgIpc) is 2.96. The van der Waals surface area contributed by atoms with Crippen molar-refractivity contribution in [1.29, 1.82) is 0 Å². The lowest BCUT2D eigenvalue weighted by Gasteiger charge is -2.31. The summed E-state index contributed by atoms with van der Waals surface area (Å²) in [7, 11) is 1.83. The second-order valence-electron chi connectivity index (χ2n) is 6.91. The van der Waals surface area contributed by atoms with Crippen LogP contribution in [-0.4, -0.2) is 24.5 Å². The van der Waals surface area contributed by atoms with Crippen LogP contribution in [0, 0.1) is 11.3 Å². The number of rotatable bonds is 6. The lowest BCUT2D eigenvalue weighted by atomic mass is 9.78. The molecule has 1 aromatic heterocycles. The molecule has 130 valence electrons. The molecule has 0 amide bonds. The summed E-state index contributed by atoms with van der Waals surface area (Å²) >= 11 is 0. The standard InChI is InChI=1S/C18H30N4.HI/c1-15(2)12-18(9-5-6-10-18)14-22-17(19-3)21-13-16-8-4-7-11-20-16;/h4,7-8,11,15H,5-6,9-10,12-14H2,1-3H3,(H2,19,21,22);1H. The van der Waals surface area contributed by atoms with E-state index in [0.29, 0.717) is 12.0 Å². The fourth-order valence-corrected chi connectivity index (χ4v) is 3.61. The third-order valence-electron chi connectivity index (χ3n) is 4.52. The molecule has 0 atom stereocenters. The number of hydrogen-bond acceptors (Lipinski definition) is 2. The van der Waals surface area contributed by atoms with Gasteiger partial charge in [-0.25, -0.2) is 0 Å². The number of aliphatic imine (C=N–C) groups is 1. The molecule has 0 unspecified atom stereocenters. The van der Waals surface area contributed by atoms with E-state index in [1.165, 1.54) is 32.1 Å². The highest BCUT2D eigenvalue weighted by Crippen LogP contribution is 2.42. The van der Waals surface area contributed by atoms with Crippen molar-refractivity contribution < 1.29 is 0 Å². The molecular formula is C18H31IN4. The van der Waals surface area contributed by atoms with Crippen LogP contribution in [-0.2, 0) is 6.54 Å². The normalized spacial score (nSPS) is 17.0. The maximum absolute atomic E-state index is 4.34. The third-order valence-corrected chi connectivity index (χ3v) is 4.52. The van der Waals surface area contributed by atoms with Gasteiger partial charge in [0.2, 0.25) is 0 Å². The fraction of sp³-hybridized carbons (Fsp3) is 0.667. The molecule has 2 rings (SSSR count). The molecular weight excluding hydrogens is 399 g/mol. The number of aromatic nitrogens is 1. The molecule has 0 spiro atoms. The van der Waals surface area contributed by atoms with Crippen LogP contribution in [0.4, 0.5) is 0 Å². The Hall–Kier alpha value is -0.850. The number of hydrogen-bond donors (Lipinski definition) is 2. The Bertz CT molecular complexity index is 467. The molecule has 0 aromatic carbocycles. The number of nitrogens with one attached hydrogen (secondary N) is 2. The molecule has 0 saturated heterocycles. The zero-order valence-corrected chi connectivity index (χ0v) is 17.0. The topological polar surface area (TPSA) is 49.3 Å². The van der Waals surface area contributed by atoms with Gasteiger partial charge in [-0.3, -0.25) is 9.98 Å². The zero-order chi connectivity index (χ0) is 15.8. The molecule has 1 heterocycles. The maximum atomic E-state index is 4.34. The summed E-state index contributed by atoms with van der Waals surface area (Å²) in [5, 5.41) is 6.90. The molecule has 1 saturated carbocycles. The van der Waals surface area contributed by atoms with E-state index in [2.05, 4.69) is 34.5 Å². The number of guanidine groups is 1. The SMILES string of the molecule is CN=C(NCc1ccccn1)NCC1(CC(C)C)CCCC1.I. The van der Waals surface area contributed by atoms with E-state index in [1.807, 2.05) is 31.4 Å². The van der Waals surface area contributed by atoms with Crippen LogP contribution in [0.15, 0.2) is 29.4 Å². The van der Waals surface area contributed by atoms with Gasteiger partial charge in [-0.2, -0.15) is 0 Å². The quantitative estimate of drug-likeness (QED) is 0.408. The number of nitrogens with zero attached hydrogens (tertiary/aromatic N) is 2. The second-order valence-corrected chi connectivity index (χ2v) is 6.91. The molecule has 5 heteroatoms. The van der Waals surface area contributed by atoms with Crippen molar-refractivity contribution in [2.75, 3.05) is 13.6 Å². The zero-order valence-electron chi connectivity index (χ0n) is 14.6. The van der Waals surface area contributed by atoms with Gasteiger partial charge in [0, 0.05) is 19.8 Å². The lowest BCUT2D eigenvalue weighted by Crippen LogP contribution is -2.43. The van der Waals surface area contributed by atoms with Gasteiger partial charge in [-0.1, -0.05) is 32.8 Å². The van der Waals surface area contributed by atoms with E-state index in [1.54, 1.807) is 0 Å². The van der Waals surface area contributed by atoms with Gasteiger partial charge in [-0.15, -0.1) is 24.0 Å². The predicted octanol–water partition coefficient (Wildman–Crippen LogP) is 3.97. The summed E-state index contributed by atoms with van der Waals surface area (Å²) in [4.78, 5) is 8.67. The van der Waals surface area contributed by atoms with E-state index in [4.69, 9.17) is 0 Å². The first-order valence-electron chi connectivity index (χ1n) is 8.48. The highest BCUT2D eigenvalue weighted by Gasteiger charge is 2.34. The Balaban J connectivity index is 0.00000264. The van der Waals surface area contributed by atoms with Crippen LogP contribution in [0.25, 0.3) is 0 Å². The van der Waals surface area contributed by atoms with Gasteiger partial charge in [0.25, 0.3) is 0 Å². The Kier molecular flexibility index (Phi) is 8.87. The van der Waals surface area contributed by atoms with Gasteiger partial charge >= 0.3 is 0 Å². The first-order chi connectivity index (χ1) is 10.6. The van der Waals surface area contributed by atoms with E-state index in [-0.39, 0.29) is 24.0 Å². The first-order valence-corrected chi connectivity index (χ1v) is 8.48. The smallest absolute Gasteiger partial charge is 0.191 e. The molecule has 23 heavy (non-hydrogen) atoms. The molecule has 4 nitrogen and oxygen atoms in total. The van der Waals surface area contributed by atoms with Crippen LogP contribution >= 0.6 is 24.0 Å². The Morgan fingerprint density at radius 3 is 2.57 bits per heavy atom. The van der Waals surface area contributed by atoms with Crippen LogP contribution in [0.3, 0.4) is 0 Å². The molecule has 1 aromatic rings. The van der Waals surface area contributed by atoms with Crippen molar-refractivity contribution in [3.05, 3.63) is 30.1 Å². The van der Waals surface area contributed by atoms with Crippen molar-refractivity contribution in [2.24, 2.45) is 16.3 Å². The summed E-state index contributed by atoms with van der Waals surface area (Å²) in [6.07, 6.45) is 8.55. The molecule has 0 aliphatic heterocycles. The third kappa shape index (κ3) is 6.65. The lowest BCUT2D eigenvalue weighted by molar-refractivity contribution is 0.235. The van der Waals surface area contributed by atoms with Crippen LogP contribution in [0.2, 0.25) is 0 Å². The highest BCUT2D eigenvalue weighted by molar-refractivity contribution is 14.0. The summed E-state index contributed by atoms with van der Waals surface area (Å²) in [6, 6.07) is 5.97. The summed E-state index contributed by atoms with van der Waals surface area (Å²) in [5.74, 6) is 1.63. The van der Waals surface area contributed by atoms with Gasteiger partial charge < -0.3 is 10.6 Å². The maximum Gasteiger partial charge on any atom is 0.191 e. The summed E-state index contributed by atoms with van der Waals surface area (Å²) < 4.78 is 0. The van der Waals surface area contributed by atoms with Gasteiger partial charge in [0.15, 0.2) is 5.96 Å². The van der Waals surface area contributed by atoms with Gasteiger partial charge in [0.1, 0.15) is 0 Å². The van der Waals surface area contributed by atoms with E-state index in [0.717, 1.165) is 24.1 Å². The molecule has 1 aliphatic carbocycles. The van der Waals surface area contributed by atoms with Crippen LogP contribution in [0.5, 0.6) is 0 Å². The minimum Gasteiger partial charge on any atom is -0.356 e. The van der Waals surface area contributed by atoms with Crippen molar-refractivity contribution in [3.8, 4) is 0 Å². The Labute approximate surface area is 158 Å². The molecule has 2 N–H and O–H groups in total. The predicted molar refractivity (Wildman–Crippen MR) is 108 cm³/mol. The first kappa shape index (κ1) is 20.2. The van der Waals surface area contributed by atoms with E-state index in [9.17, 15) is 0 Å². The van der Waals surface area contributed by atoms with Crippen LogP contribution < -0.4 is 10.6 Å². The average molecular weight is 430 g/mol. The van der Waals surface area contributed by atoms with Crippen molar-refractivity contribution >= 4 is 29.9 Å². The van der Waals surface area contributed by atoms with Crippen molar-refractivity contribution in [1.82, 2.24) is 15.6 Å². The minimum absolute atomic E-state index is 0. The second kappa shape index (κ2) is 10.1. The Morgan fingerprint density at radius 1 is 1.26 bits per heavy atom. The number of halogens is 1. The van der Waals surface area contributed by atoms with Crippen LogP contribution in [0.1, 0.15) is 51.6 Å². The Morgan fingerprint density at radius 2 is 2.00 bits per heavy atom. The number of pyridine rings is 1. The van der Waals surface area contributed by atoms with Crippen molar-refractivity contribution in [3.63, 3.8) is 0 Å². The summed E-state index contributed by atoms with van der Waals surface area (Å²) in [5.41, 5.74) is 1.49. The fourth-order valence-electron chi connectivity index (χ4n) is 3.61. The van der Waals surface area contributed by atoms with E-state index >= 15 is 0 Å². The molecule has 0 radical (unpaired) electrons. The summed E-state index contributed by atoms with van der Waals surface area (Å²) in [6.45, 7) is 6.38. The molecule has 0 bridgehead atoms. The monoisotopic (exact) mass is 430 g/mol.